The van der Waals surface area contributed by atoms with Crippen LogP contribution in [0.4, 0.5) is 5.69 Å². The summed E-state index contributed by atoms with van der Waals surface area (Å²) in [7, 11) is 0. The van der Waals surface area contributed by atoms with Gasteiger partial charge in [-0.15, -0.1) is 11.3 Å². The van der Waals surface area contributed by atoms with Crippen molar-refractivity contribution in [2.45, 2.75) is 38.8 Å². The molecule has 1 aliphatic rings. The first-order valence-electron chi connectivity index (χ1n) is 18.8. The minimum Gasteiger partial charge on any atom is -1.00 e. The molecule has 8 rings (SSSR count). The Bertz CT molecular complexity index is 2700. The lowest BCUT2D eigenvalue weighted by Gasteiger charge is -2.18. The molecule has 5 aromatic carbocycles. The highest BCUT2D eigenvalue weighted by atomic mass is 35.5. The van der Waals surface area contributed by atoms with Gasteiger partial charge in [0.15, 0.2) is 0 Å². The van der Waals surface area contributed by atoms with Crippen molar-refractivity contribution in [2.24, 2.45) is 0 Å². The van der Waals surface area contributed by atoms with Crippen LogP contribution in [0.15, 0.2) is 160 Å². The fourth-order valence-electron chi connectivity index (χ4n) is 7.08. The van der Waals surface area contributed by atoms with E-state index in [2.05, 4.69) is 182 Å². The van der Waals surface area contributed by atoms with E-state index < -0.39 is 0 Å². The average molecular weight is 809 g/mol. The summed E-state index contributed by atoms with van der Waals surface area (Å²) in [6, 6.07) is 48.7. The Morgan fingerprint density at radius 3 is 1.96 bits per heavy atom. The van der Waals surface area contributed by atoms with Crippen molar-refractivity contribution < 1.29 is 17.0 Å². The number of anilines is 1. The minimum atomic E-state index is 0. The lowest BCUT2D eigenvalue weighted by Crippen LogP contribution is -3.00. The van der Waals surface area contributed by atoms with Crippen LogP contribution in [0, 0.1) is 0 Å². The lowest BCUT2D eigenvalue weighted by molar-refractivity contribution is -0.679. The number of benzene rings is 5. The van der Waals surface area contributed by atoms with E-state index in [-0.39, 0.29) is 18.0 Å². The van der Waals surface area contributed by atoms with E-state index in [9.17, 15) is 4.79 Å². The van der Waals surface area contributed by atoms with Crippen molar-refractivity contribution in [1.82, 2.24) is 4.57 Å². The van der Waals surface area contributed by atoms with Crippen LogP contribution in [0.1, 0.15) is 42.5 Å². The number of fused-ring (bicyclic) bond motifs is 1. The van der Waals surface area contributed by atoms with Gasteiger partial charge in [0.05, 0.1) is 16.8 Å². The SMILES string of the molecule is CCN1C(=CC(c2ccccc2)=c2sc(=Cc3sc(-c4ccccc4)c(-c4ccccc4)[n+]3CC)n(CC)c2=O)Sc2cc(C=Cc3ccccc3)ccc21.[Cl-]. The molecule has 4 nitrogen and oxygen atoms in total. The molecular weight excluding hydrogens is 766 g/mol. The lowest BCUT2D eigenvalue weighted by atomic mass is 10.1. The summed E-state index contributed by atoms with van der Waals surface area (Å²) in [6.45, 7) is 8.65. The second-order valence-corrected chi connectivity index (χ2v) is 16.3. The van der Waals surface area contributed by atoms with E-state index in [0.29, 0.717) is 6.54 Å². The van der Waals surface area contributed by atoms with E-state index >= 15 is 0 Å². The van der Waals surface area contributed by atoms with Gasteiger partial charge in [-0.25, -0.2) is 0 Å². The Hall–Kier alpha value is -5.18. The molecule has 56 heavy (non-hydrogen) atoms. The monoisotopic (exact) mass is 807 g/mol. The van der Waals surface area contributed by atoms with Gasteiger partial charge in [-0.05, 0) is 73.4 Å². The van der Waals surface area contributed by atoms with Gasteiger partial charge in [-0.1, -0.05) is 151 Å². The Labute approximate surface area is 347 Å². The van der Waals surface area contributed by atoms with Gasteiger partial charge < -0.3 is 17.3 Å². The zero-order valence-corrected chi connectivity index (χ0v) is 34.8. The zero-order valence-electron chi connectivity index (χ0n) is 31.6. The molecule has 0 N–H and O–H groups in total. The van der Waals surface area contributed by atoms with Gasteiger partial charge in [0.25, 0.3) is 10.6 Å². The van der Waals surface area contributed by atoms with E-state index in [0.717, 1.165) is 49.0 Å². The van der Waals surface area contributed by atoms with Gasteiger partial charge in [0.1, 0.15) is 20.6 Å². The number of hydrogen-bond donors (Lipinski definition) is 0. The molecule has 0 amide bonds. The summed E-state index contributed by atoms with van der Waals surface area (Å²) in [6.07, 6.45) is 8.79. The standard InChI is InChI=1S/C48H42N3OS3.ClH/c1-4-49-40-30-29-35(28-27-34-19-11-7-12-20-34)31-41(40)53-42(49)32-39(36-21-13-8-14-22-36)47-48(52)51(6-3)44(55-47)33-43-50(5-2)45(37-23-15-9-16-24-37)46(54-43)38-25-17-10-18-26-38;/h7-33H,4-6H2,1-3H3;1H/q+1;/p-1. The molecule has 280 valence electrons. The summed E-state index contributed by atoms with van der Waals surface area (Å²) in [5.74, 6) is 0. The predicted molar refractivity (Wildman–Crippen MR) is 236 cm³/mol. The number of rotatable bonds is 10. The van der Waals surface area contributed by atoms with Crippen molar-refractivity contribution in [3.63, 3.8) is 0 Å². The van der Waals surface area contributed by atoms with Gasteiger partial charge >= 0.3 is 0 Å². The molecular formula is C48H42ClN3OS3. The smallest absolute Gasteiger partial charge is 0.269 e. The predicted octanol–water partition coefficient (Wildman–Crippen LogP) is 7.31. The molecule has 0 saturated heterocycles. The third-order valence-corrected chi connectivity index (χ3v) is 13.2. The van der Waals surface area contributed by atoms with Crippen molar-refractivity contribution >= 4 is 63.9 Å². The number of aromatic nitrogens is 2. The maximum Gasteiger partial charge on any atom is 0.269 e. The van der Waals surface area contributed by atoms with Crippen molar-refractivity contribution in [3.05, 3.63) is 192 Å². The number of hydrogen-bond acceptors (Lipinski definition) is 5. The zero-order chi connectivity index (χ0) is 37.7. The third kappa shape index (κ3) is 7.91. The topological polar surface area (TPSA) is 29.1 Å². The van der Waals surface area contributed by atoms with Gasteiger partial charge in [0, 0.05) is 29.1 Å². The number of allylic oxidation sites excluding steroid dienone is 1. The Morgan fingerprint density at radius 2 is 1.32 bits per heavy atom. The molecule has 3 heterocycles. The van der Waals surface area contributed by atoms with E-state index in [1.165, 1.54) is 37.8 Å². The fraction of sp³-hybridized carbons (Fsp3) is 0.125. The largest absolute Gasteiger partial charge is 1.00 e. The summed E-state index contributed by atoms with van der Waals surface area (Å²) in [4.78, 5) is 19.3. The van der Waals surface area contributed by atoms with Crippen LogP contribution in [0.3, 0.4) is 0 Å². The number of thioether (sulfide) groups is 1. The summed E-state index contributed by atoms with van der Waals surface area (Å²) in [5.41, 5.74) is 9.11. The minimum absolute atomic E-state index is 0. The first-order chi connectivity index (χ1) is 27.1. The highest BCUT2D eigenvalue weighted by Gasteiger charge is 2.28. The van der Waals surface area contributed by atoms with Gasteiger partial charge in [-0.2, -0.15) is 4.57 Å². The van der Waals surface area contributed by atoms with Gasteiger partial charge in [0.2, 0.25) is 5.69 Å². The molecule has 1 aliphatic heterocycles. The maximum atomic E-state index is 14.5. The molecule has 0 radical (unpaired) electrons. The van der Waals surface area contributed by atoms with Crippen LogP contribution < -0.4 is 36.6 Å². The first-order valence-corrected chi connectivity index (χ1v) is 21.2. The quantitative estimate of drug-likeness (QED) is 0.107. The van der Waals surface area contributed by atoms with E-state index in [4.69, 9.17) is 0 Å². The molecule has 0 saturated carbocycles. The molecule has 0 unspecified atom stereocenters. The second kappa shape index (κ2) is 17.7. The maximum absolute atomic E-state index is 14.5. The fourth-order valence-corrected chi connectivity index (χ4v) is 10.8. The highest BCUT2D eigenvalue weighted by Crippen LogP contribution is 2.47. The van der Waals surface area contributed by atoms with Crippen molar-refractivity contribution in [2.75, 3.05) is 11.4 Å². The summed E-state index contributed by atoms with van der Waals surface area (Å²) < 4.78 is 6.02. The van der Waals surface area contributed by atoms with E-state index in [1.807, 2.05) is 16.7 Å². The Balaban J connectivity index is 0.00000480. The molecule has 0 fully saturated rings. The van der Waals surface area contributed by atoms with Crippen LogP contribution in [-0.2, 0) is 13.1 Å². The summed E-state index contributed by atoms with van der Waals surface area (Å²) >= 11 is 5.14. The Morgan fingerprint density at radius 1 is 0.696 bits per heavy atom. The van der Waals surface area contributed by atoms with Crippen LogP contribution >= 0.6 is 34.4 Å². The molecule has 0 bridgehead atoms. The molecule has 0 aliphatic carbocycles. The summed E-state index contributed by atoms with van der Waals surface area (Å²) in [5, 5.41) is 2.23. The average Bonchev–Trinajstić information content (AvgIpc) is 3.89. The molecule has 7 aromatic rings. The van der Waals surface area contributed by atoms with Crippen LogP contribution in [0.5, 0.6) is 0 Å². The normalized spacial score (nSPS) is 14.0. The van der Waals surface area contributed by atoms with Crippen LogP contribution in [0.2, 0.25) is 0 Å². The number of nitrogens with zero attached hydrogens (tertiary/aromatic N) is 3. The van der Waals surface area contributed by atoms with Crippen molar-refractivity contribution in [3.8, 4) is 21.7 Å². The van der Waals surface area contributed by atoms with Gasteiger partial charge in [-0.3, -0.25) is 9.36 Å². The molecule has 0 spiro atoms. The van der Waals surface area contributed by atoms with E-state index in [1.54, 1.807) is 34.4 Å². The second-order valence-electron chi connectivity index (χ2n) is 13.1. The molecule has 8 heteroatoms. The highest BCUT2D eigenvalue weighted by molar-refractivity contribution is 8.03. The molecule has 2 aromatic heterocycles. The first kappa shape index (κ1) is 39.1. The Kier molecular flexibility index (Phi) is 12.4. The number of halogens is 1. The molecule has 0 atom stereocenters. The van der Waals surface area contributed by atoms with Crippen molar-refractivity contribution in [1.29, 1.82) is 0 Å². The third-order valence-electron chi connectivity index (χ3n) is 9.77. The van der Waals surface area contributed by atoms with Crippen LogP contribution in [0.25, 0.3) is 45.5 Å². The number of thiazole rings is 2. The van der Waals surface area contributed by atoms with Crippen LogP contribution in [-0.4, -0.2) is 11.1 Å².